The van der Waals surface area contributed by atoms with E-state index < -0.39 is 5.97 Å². The molecule has 1 aromatic rings. The topological polar surface area (TPSA) is 58.6 Å². The summed E-state index contributed by atoms with van der Waals surface area (Å²) in [5.74, 6) is 0.461. The minimum atomic E-state index is -0.799. The molecule has 1 atom stereocenters. The highest BCUT2D eigenvalue weighted by Gasteiger charge is 2.15. The second kappa shape index (κ2) is 7.01. The monoisotopic (exact) mass is 251 g/mol. The average Bonchev–Trinajstić information content (AvgIpc) is 2.34. The minimum Gasteiger partial charge on any atom is -0.497 e. The number of hydrogen-bond donors (Lipinski definition) is 2. The fourth-order valence-electron chi connectivity index (χ4n) is 1.70. The van der Waals surface area contributed by atoms with Crippen molar-refractivity contribution in [3.05, 3.63) is 29.8 Å². The van der Waals surface area contributed by atoms with Gasteiger partial charge in [0.1, 0.15) is 5.75 Å². The van der Waals surface area contributed by atoms with Gasteiger partial charge in [0, 0.05) is 6.04 Å². The van der Waals surface area contributed by atoms with E-state index in [0.717, 1.165) is 17.9 Å². The molecule has 0 spiro atoms. The van der Waals surface area contributed by atoms with Gasteiger partial charge in [0.2, 0.25) is 0 Å². The molecule has 0 bridgehead atoms. The molecule has 0 heterocycles. The van der Waals surface area contributed by atoms with E-state index in [1.54, 1.807) is 7.11 Å². The first-order valence-electron chi connectivity index (χ1n) is 6.12. The Labute approximate surface area is 108 Å². The highest BCUT2D eigenvalue weighted by atomic mass is 16.5. The van der Waals surface area contributed by atoms with Crippen LogP contribution in [0.3, 0.4) is 0 Å². The van der Waals surface area contributed by atoms with Crippen molar-refractivity contribution in [2.75, 3.05) is 13.7 Å². The standard InChI is InChI=1S/C14H21NO3/c1-10(2)9-15-13(8-14(16)17)11-4-6-12(18-3)7-5-11/h4-7,10,13,15H,8-9H2,1-3H3,(H,16,17). The van der Waals surface area contributed by atoms with Gasteiger partial charge in [0.15, 0.2) is 0 Å². The van der Waals surface area contributed by atoms with Crippen LogP contribution in [0.15, 0.2) is 24.3 Å². The van der Waals surface area contributed by atoms with E-state index in [2.05, 4.69) is 19.2 Å². The lowest BCUT2D eigenvalue weighted by molar-refractivity contribution is -0.137. The third-order valence-corrected chi connectivity index (χ3v) is 2.67. The van der Waals surface area contributed by atoms with Crippen molar-refractivity contribution < 1.29 is 14.6 Å². The summed E-state index contributed by atoms with van der Waals surface area (Å²) in [6.07, 6.45) is 0.0824. The number of ether oxygens (including phenoxy) is 1. The van der Waals surface area contributed by atoms with Crippen LogP contribution in [0, 0.1) is 5.92 Å². The summed E-state index contributed by atoms with van der Waals surface area (Å²) in [4.78, 5) is 10.9. The zero-order valence-electron chi connectivity index (χ0n) is 11.1. The number of hydrogen-bond acceptors (Lipinski definition) is 3. The molecule has 0 saturated carbocycles. The molecule has 4 nitrogen and oxygen atoms in total. The van der Waals surface area contributed by atoms with Crippen molar-refractivity contribution in [1.29, 1.82) is 0 Å². The third-order valence-electron chi connectivity index (χ3n) is 2.67. The Morgan fingerprint density at radius 3 is 2.39 bits per heavy atom. The second-order valence-corrected chi connectivity index (χ2v) is 4.73. The molecular weight excluding hydrogens is 230 g/mol. The fraction of sp³-hybridized carbons (Fsp3) is 0.500. The number of aliphatic carboxylic acids is 1. The van der Waals surface area contributed by atoms with Crippen LogP contribution < -0.4 is 10.1 Å². The van der Waals surface area contributed by atoms with Crippen LogP contribution in [0.4, 0.5) is 0 Å². The van der Waals surface area contributed by atoms with Crippen LogP contribution in [0.25, 0.3) is 0 Å². The molecule has 18 heavy (non-hydrogen) atoms. The SMILES string of the molecule is COc1ccc(C(CC(=O)O)NCC(C)C)cc1. The van der Waals surface area contributed by atoms with Crippen LogP contribution in [-0.2, 0) is 4.79 Å². The summed E-state index contributed by atoms with van der Waals surface area (Å²) < 4.78 is 5.09. The van der Waals surface area contributed by atoms with Crippen LogP contribution in [0.1, 0.15) is 31.9 Å². The lowest BCUT2D eigenvalue weighted by Gasteiger charge is -2.19. The molecule has 0 aliphatic rings. The number of methoxy groups -OCH3 is 1. The molecule has 0 saturated heterocycles. The van der Waals surface area contributed by atoms with E-state index in [-0.39, 0.29) is 12.5 Å². The highest BCUT2D eigenvalue weighted by molar-refractivity contribution is 5.68. The highest BCUT2D eigenvalue weighted by Crippen LogP contribution is 2.20. The molecular formula is C14H21NO3. The van der Waals surface area contributed by atoms with Crippen molar-refractivity contribution in [2.45, 2.75) is 26.3 Å². The van der Waals surface area contributed by atoms with E-state index in [0.29, 0.717) is 5.92 Å². The number of benzene rings is 1. The lowest BCUT2D eigenvalue weighted by Crippen LogP contribution is -2.27. The maximum absolute atomic E-state index is 10.9. The van der Waals surface area contributed by atoms with E-state index in [1.807, 2.05) is 24.3 Å². The summed E-state index contributed by atoms with van der Waals surface area (Å²) in [7, 11) is 1.61. The maximum Gasteiger partial charge on any atom is 0.305 e. The first-order valence-corrected chi connectivity index (χ1v) is 6.12. The predicted octanol–water partition coefficient (Wildman–Crippen LogP) is 2.46. The van der Waals surface area contributed by atoms with E-state index in [1.165, 1.54) is 0 Å². The minimum absolute atomic E-state index is 0.0824. The molecule has 0 fully saturated rings. The summed E-state index contributed by atoms with van der Waals surface area (Å²) in [6, 6.07) is 7.35. The van der Waals surface area contributed by atoms with Gasteiger partial charge in [-0.2, -0.15) is 0 Å². The third kappa shape index (κ3) is 4.75. The Morgan fingerprint density at radius 2 is 1.94 bits per heavy atom. The van der Waals surface area contributed by atoms with Gasteiger partial charge in [-0.1, -0.05) is 26.0 Å². The molecule has 1 aromatic carbocycles. The Hall–Kier alpha value is -1.55. The van der Waals surface area contributed by atoms with Crippen LogP contribution >= 0.6 is 0 Å². The summed E-state index contributed by atoms with van der Waals surface area (Å²) >= 11 is 0. The number of nitrogens with one attached hydrogen (secondary N) is 1. The quantitative estimate of drug-likeness (QED) is 0.781. The zero-order chi connectivity index (χ0) is 13.5. The molecule has 2 N–H and O–H groups in total. The summed E-state index contributed by atoms with van der Waals surface area (Å²) in [5, 5.41) is 12.2. The van der Waals surface area contributed by atoms with Gasteiger partial charge < -0.3 is 15.2 Å². The summed E-state index contributed by atoms with van der Waals surface area (Å²) in [5.41, 5.74) is 0.971. The molecule has 100 valence electrons. The number of rotatable bonds is 7. The second-order valence-electron chi connectivity index (χ2n) is 4.73. The fourth-order valence-corrected chi connectivity index (χ4v) is 1.70. The van der Waals surface area contributed by atoms with Crippen LogP contribution in [-0.4, -0.2) is 24.7 Å². The van der Waals surface area contributed by atoms with Crippen LogP contribution in [0.5, 0.6) is 5.75 Å². The van der Waals surface area contributed by atoms with Crippen molar-refractivity contribution >= 4 is 5.97 Å². The van der Waals surface area contributed by atoms with E-state index in [9.17, 15) is 4.79 Å². The first kappa shape index (κ1) is 14.5. The van der Waals surface area contributed by atoms with Crippen molar-refractivity contribution in [3.63, 3.8) is 0 Å². The zero-order valence-corrected chi connectivity index (χ0v) is 11.1. The predicted molar refractivity (Wildman–Crippen MR) is 70.8 cm³/mol. The van der Waals surface area contributed by atoms with E-state index in [4.69, 9.17) is 9.84 Å². The molecule has 0 aromatic heterocycles. The smallest absolute Gasteiger partial charge is 0.305 e. The number of carboxylic acids is 1. The molecule has 0 radical (unpaired) electrons. The molecule has 4 heteroatoms. The Bertz CT molecular complexity index is 373. The number of carbonyl (C=O) groups is 1. The van der Waals surface area contributed by atoms with Crippen molar-refractivity contribution in [2.24, 2.45) is 5.92 Å². The van der Waals surface area contributed by atoms with Gasteiger partial charge in [0.05, 0.1) is 13.5 Å². The molecule has 0 aliphatic carbocycles. The molecule has 0 amide bonds. The van der Waals surface area contributed by atoms with Crippen molar-refractivity contribution in [1.82, 2.24) is 5.32 Å². The van der Waals surface area contributed by atoms with Gasteiger partial charge in [-0.3, -0.25) is 4.79 Å². The van der Waals surface area contributed by atoms with Gasteiger partial charge >= 0.3 is 5.97 Å². The normalized spacial score (nSPS) is 12.4. The maximum atomic E-state index is 10.9. The molecule has 0 aliphatic heterocycles. The number of carboxylic acid groups (broad SMARTS) is 1. The van der Waals surface area contributed by atoms with Gasteiger partial charge in [-0.25, -0.2) is 0 Å². The largest absolute Gasteiger partial charge is 0.497 e. The molecule has 1 unspecified atom stereocenters. The average molecular weight is 251 g/mol. The van der Waals surface area contributed by atoms with E-state index >= 15 is 0 Å². The molecule has 1 rings (SSSR count). The summed E-state index contributed by atoms with van der Waals surface area (Å²) in [6.45, 7) is 4.99. The van der Waals surface area contributed by atoms with Gasteiger partial charge in [-0.05, 0) is 30.2 Å². The van der Waals surface area contributed by atoms with Crippen LogP contribution in [0.2, 0.25) is 0 Å². The lowest BCUT2D eigenvalue weighted by atomic mass is 10.0. The van der Waals surface area contributed by atoms with Crippen molar-refractivity contribution in [3.8, 4) is 5.75 Å². The Balaban J connectivity index is 2.76. The Kier molecular flexibility index (Phi) is 5.65. The van der Waals surface area contributed by atoms with Gasteiger partial charge in [-0.15, -0.1) is 0 Å². The first-order chi connectivity index (χ1) is 8.52. The van der Waals surface area contributed by atoms with Gasteiger partial charge in [0.25, 0.3) is 0 Å². The Morgan fingerprint density at radius 1 is 1.33 bits per heavy atom.